The Morgan fingerprint density at radius 2 is 2.00 bits per heavy atom. The van der Waals surface area contributed by atoms with Gasteiger partial charge < -0.3 is 15.4 Å². The molecule has 2 atom stereocenters. The van der Waals surface area contributed by atoms with E-state index in [0.717, 1.165) is 25.8 Å². The molecule has 2 rings (SSSR count). The number of carbonyl (C=O) groups is 1. The van der Waals surface area contributed by atoms with Crippen LogP contribution in [0.3, 0.4) is 0 Å². The maximum atomic E-state index is 12.5. The number of ether oxygens (including phenoxy) is 1. The summed E-state index contributed by atoms with van der Waals surface area (Å²) in [6.07, 6.45) is 3.22. The minimum Gasteiger partial charge on any atom is -0.392 e. The van der Waals surface area contributed by atoms with Crippen LogP contribution in [-0.2, 0) is 9.53 Å². The highest BCUT2D eigenvalue weighted by atomic mass is 32.1. The second-order valence-corrected chi connectivity index (χ2v) is 5.74. The number of hydrogen-bond acceptors (Lipinski definition) is 4. The summed E-state index contributed by atoms with van der Waals surface area (Å²) in [5, 5.41) is 0. The van der Waals surface area contributed by atoms with Gasteiger partial charge in [-0.1, -0.05) is 18.6 Å². The molecule has 0 bridgehead atoms. The van der Waals surface area contributed by atoms with Gasteiger partial charge in [-0.05, 0) is 26.3 Å². The third-order valence-electron chi connectivity index (χ3n) is 4.05. The molecule has 2 fully saturated rings. The van der Waals surface area contributed by atoms with Gasteiger partial charge in [0, 0.05) is 13.1 Å². The molecule has 0 spiro atoms. The largest absolute Gasteiger partial charge is 0.392 e. The normalized spacial score (nSPS) is 27.0. The monoisotopic (exact) mass is 285 g/mol. The number of amides is 1. The SMILES string of the molecule is CC(C(=O)N1CCOCC1)N1CCCCC1C(N)=S. The predicted octanol–water partition coefficient (Wildman–Crippen LogP) is 0.374. The average Bonchev–Trinajstić information content (AvgIpc) is 2.46. The third-order valence-corrected chi connectivity index (χ3v) is 4.32. The highest BCUT2D eigenvalue weighted by Gasteiger charge is 2.34. The quantitative estimate of drug-likeness (QED) is 0.760. The van der Waals surface area contributed by atoms with E-state index in [4.69, 9.17) is 22.7 Å². The van der Waals surface area contributed by atoms with Crippen molar-refractivity contribution < 1.29 is 9.53 Å². The first kappa shape index (κ1) is 14.7. The number of nitrogens with two attached hydrogens (primary N) is 1. The Kier molecular flexibility index (Phi) is 5.13. The molecule has 0 aromatic heterocycles. The summed E-state index contributed by atoms with van der Waals surface area (Å²) in [5.74, 6) is 0.173. The van der Waals surface area contributed by atoms with Crippen LogP contribution in [0.1, 0.15) is 26.2 Å². The minimum absolute atomic E-state index is 0.0729. The van der Waals surface area contributed by atoms with E-state index in [1.165, 1.54) is 0 Å². The van der Waals surface area contributed by atoms with Gasteiger partial charge in [-0.15, -0.1) is 0 Å². The number of morpholine rings is 1. The van der Waals surface area contributed by atoms with Gasteiger partial charge in [-0.3, -0.25) is 9.69 Å². The van der Waals surface area contributed by atoms with Crippen molar-refractivity contribution in [3.05, 3.63) is 0 Å². The third kappa shape index (κ3) is 3.43. The maximum absolute atomic E-state index is 12.5. The molecular weight excluding hydrogens is 262 g/mol. The summed E-state index contributed by atoms with van der Waals surface area (Å²) in [4.78, 5) is 17.1. The van der Waals surface area contributed by atoms with Crippen molar-refractivity contribution in [1.29, 1.82) is 0 Å². The second kappa shape index (κ2) is 6.63. The summed E-state index contributed by atoms with van der Waals surface area (Å²) in [5.41, 5.74) is 5.82. The lowest BCUT2D eigenvalue weighted by atomic mass is 9.99. The smallest absolute Gasteiger partial charge is 0.239 e. The molecule has 0 aliphatic carbocycles. The number of rotatable bonds is 3. The van der Waals surface area contributed by atoms with E-state index in [0.29, 0.717) is 31.3 Å². The standard InChI is InChI=1S/C13H23N3O2S/c1-10(13(17)15-6-8-18-9-7-15)16-5-3-2-4-11(16)12(14)19/h10-11H,2-9H2,1H3,(H2,14,19). The van der Waals surface area contributed by atoms with Crippen LogP contribution in [0.25, 0.3) is 0 Å². The molecular formula is C13H23N3O2S. The topological polar surface area (TPSA) is 58.8 Å². The molecule has 108 valence electrons. The van der Waals surface area contributed by atoms with E-state index in [9.17, 15) is 4.79 Å². The summed E-state index contributed by atoms with van der Waals surface area (Å²) in [6.45, 7) is 5.52. The molecule has 0 saturated carbocycles. The fraction of sp³-hybridized carbons (Fsp3) is 0.846. The Balaban J connectivity index is 2.01. The molecule has 0 aromatic rings. The first-order valence-corrected chi connectivity index (χ1v) is 7.43. The van der Waals surface area contributed by atoms with Crippen molar-refractivity contribution in [3.63, 3.8) is 0 Å². The number of hydrogen-bond donors (Lipinski definition) is 1. The summed E-state index contributed by atoms with van der Waals surface area (Å²) >= 11 is 5.15. The zero-order valence-electron chi connectivity index (χ0n) is 11.5. The lowest BCUT2D eigenvalue weighted by Crippen LogP contribution is -2.57. The van der Waals surface area contributed by atoms with Crippen molar-refractivity contribution in [2.75, 3.05) is 32.8 Å². The average molecular weight is 285 g/mol. The van der Waals surface area contributed by atoms with Crippen LogP contribution < -0.4 is 5.73 Å². The number of likely N-dealkylation sites (tertiary alicyclic amines) is 1. The van der Waals surface area contributed by atoms with E-state index >= 15 is 0 Å². The maximum Gasteiger partial charge on any atom is 0.239 e. The fourth-order valence-electron chi connectivity index (χ4n) is 2.91. The fourth-order valence-corrected chi connectivity index (χ4v) is 3.17. The zero-order chi connectivity index (χ0) is 13.8. The zero-order valence-corrected chi connectivity index (χ0v) is 12.3. The molecule has 2 heterocycles. The Bertz CT molecular complexity index is 345. The van der Waals surface area contributed by atoms with Gasteiger partial charge in [0.15, 0.2) is 0 Å². The Morgan fingerprint density at radius 1 is 1.32 bits per heavy atom. The van der Waals surface area contributed by atoms with E-state index in [1.807, 2.05) is 11.8 Å². The van der Waals surface area contributed by atoms with Gasteiger partial charge in [0.05, 0.1) is 30.3 Å². The molecule has 19 heavy (non-hydrogen) atoms. The van der Waals surface area contributed by atoms with E-state index < -0.39 is 0 Å². The molecule has 2 aliphatic rings. The van der Waals surface area contributed by atoms with Crippen LogP contribution in [0, 0.1) is 0 Å². The molecule has 2 aliphatic heterocycles. The van der Waals surface area contributed by atoms with Crippen molar-refractivity contribution in [3.8, 4) is 0 Å². The van der Waals surface area contributed by atoms with Crippen LogP contribution in [0.15, 0.2) is 0 Å². The van der Waals surface area contributed by atoms with Crippen LogP contribution in [0.5, 0.6) is 0 Å². The number of nitrogens with zero attached hydrogens (tertiary/aromatic N) is 2. The lowest BCUT2D eigenvalue weighted by Gasteiger charge is -2.40. The first-order chi connectivity index (χ1) is 9.11. The van der Waals surface area contributed by atoms with E-state index in [2.05, 4.69) is 4.90 Å². The van der Waals surface area contributed by atoms with Gasteiger partial charge in [-0.2, -0.15) is 0 Å². The van der Waals surface area contributed by atoms with Crippen molar-refractivity contribution in [1.82, 2.24) is 9.80 Å². The number of piperidine rings is 1. The molecule has 0 radical (unpaired) electrons. The van der Waals surface area contributed by atoms with Gasteiger partial charge in [-0.25, -0.2) is 0 Å². The molecule has 2 unspecified atom stereocenters. The molecule has 1 amide bonds. The van der Waals surface area contributed by atoms with E-state index in [1.54, 1.807) is 0 Å². The van der Waals surface area contributed by atoms with Gasteiger partial charge in [0.1, 0.15) is 0 Å². The lowest BCUT2D eigenvalue weighted by molar-refractivity contribution is -0.141. The first-order valence-electron chi connectivity index (χ1n) is 7.03. The number of thiocarbonyl (C=S) groups is 1. The van der Waals surface area contributed by atoms with Crippen LogP contribution in [0.2, 0.25) is 0 Å². The summed E-state index contributed by atoms with van der Waals surface area (Å²) in [7, 11) is 0. The molecule has 2 N–H and O–H groups in total. The summed E-state index contributed by atoms with van der Waals surface area (Å²) in [6, 6.07) is -0.0753. The Morgan fingerprint density at radius 3 is 2.63 bits per heavy atom. The number of carbonyl (C=O) groups excluding carboxylic acids is 1. The molecule has 0 aromatic carbocycles. The minimum atomic E-state index is -0.148. The highest BCUT2D eigenvalue weighted by Crippen LogP contribution is 2.21. The van der Waals surface area contributed by atoms with Gasteiger partial charge in [0.2, 0.25) is 5.91 Å². The highest BCUT2D eigenvalue weighted by molar-refractivity contribution is 7.80. The van der Waals surface area contributed by atoms with Crippen molar-refractivity contribution in [2.24, 2.45) is 5.73 Å². The van der Waals surface area contributed by atoms with Crippen LogP contribution >= 0.6 is 12.2 Å². The Labute approximate surface area is 120 Å². The molecule has 6 heteroatoms. The molecule has 5 nitrogen and oxygen atoms in total. The van der Waals surface area contributed by atoms with Gasteiger partial charge >= 0.3 is 0 Å². The van der Waals surface area contributed by atoms with Crippen LogP contribution in [0.4, 0.5) is 0 Å². The predicted molar refractivity (Wildman–Crippen MR) is 78.0 cm³/mol. The van der Waals surface area contributed by atoms with E-state index in [-0.39, 0.29) is 18.0 Å². The summed E-state index contributed by atoms with van der Waals surface area (Å²) < 4.78 is 5.29. The van der Waals surface area contributed by atoms with Crippen molar-refractivity contribution in [2.45, 2.75) is 38.3 Å². The molecule has 2 saturated heterocycles. The van der Waals surface area contributed by atoms with Crippen molar-refractivity contribution >= 4 is 23.1 Å². The van der Waals surface area contributed by atoms with Crippen LogP contribution in [-0.4, -0.2) is 65.6 Å². The van der Waals surface area contributed by atoms with Gasteiger partial charge in [0.25, 0.3) is 0 Å². The Hall–Kier alpha value is -0.720. The second-order valence-electron chi connectivity index (χ2n) is 5.27.